The molecule has 0 saturated carbocycles. The quantitative estimate of drug-likeness (QED) is 0.511. The molecule has 1 aromatic rings. The predicted octanol–water partition coefficient (Wildman–Crippen LogP) is 2.84. The summed E-state index contributed by atoms with van der Waals surface area (Å²) in [4.78, 5) is 10.4. The molecule has 0 heterocycles. The van der Waals surface area contributed by atoms with Crippen LogP contribution in [0.25, 0.3) is 5.57 Å². The first kappa shape index (κ1) is 9.39. The predicted molar refractivity (Wildman–Crippen MR) is 51.0 cm³/mol. The van der Waals surface area contributed by atoms with Gasteiger partial charge in [-0.15, -0.1) is 0 Å². The maximum Gasteiger partial charge on any atom is 0.153 e. The van der Waals surface area contributed by atoms with Crippen LogP contribution in [0.3, 0.4) is 0 Å². The molecule has 66 valence electrons. The molecular weight excluding hydrogens is 167 g/mol. The molecule has 0 fully saturated rings. The number of carbonyl (C=O) groups excluding carboxylic acids is 1. The van der Waals surface area contributed by atoms with Crippen molar-refractivity contribution in [3.63, 3.8) is 0 Å². The number of halogens is 1. The third-order valence-electron chi connectivity index (χ3n) is 1.75. The van der Waals surface area contributed by atoms with Crippen LogP contribution in [0.5, 0.6) is 0 Å². The molecule has 1 rings (SSSR count). The third kappa shape index (κ3) is 1.72. The Morgan fingerprint density at radius 1 is 1.46 bits per heavy atom. The molecule has 0 spiro atoms. The zero-order valence-electron chi connectivity index (χ0n) is 7.09. The van der Waals surface area contributed by atoms with Crippen molar-refractivity contribution in [1.29, 1.82) is 0 Å². The molecule has 0 aliphatic heterocycles. The highest BCUT2D eigenvalue weighted by Crippen LogP contribution is 2.19. The number of benzene rings is 1. The van der Waals surface area contributed by atoms with Crippen molar-refractivity contribution < 1.29 is 9.18 Å². The first-order valence-electron chi connectivity index (χ1n) is 3.76. The molecule has 0 aliphatic rings. The minimum absolute atomic E-state index is 0.0421. The number of allylic oxidation sites excluding steroid dienone is 2. The Morgan fingerprint density at radius 2 is 2.15 bits per heavy atom. The standard InChI is InChI=1S/C11H9FO/c1-3-8(2)10-6-4-5-9(7-13)11(10)12/h3-7H,1-2H2. The van der Waals surface area contributed by atoms with E-state index < -0.39 is 5.82 Å². The summed E-state index contributed by atoms with van der Waals surface area (Å²) in [5.41, 5.74) is 0.835. The summed E-state index contributed by atoms with van der Waals surface area (Å²) in [7, 11) is 0. The Morgan fingerprint density at radius 3 is 2.69 bits per heavy atom. The number of carbonyl (C=O) groups is 1. The van der Waals surface area contributed by atoms with Crippen molar-refractivity contribution in [3.8, 4) is 0 Å². The number of hydrogen-bond donors (Lipinski definition) is 0. The van der Waals surface area contributed by atoms with E-state index in [0.717, 1.165) is 0 Å². The second-order valence-electron chi connectivity index (χ2n) is 2.56. The van der Waals surface area contributed by atoms with Crippen molar-refractivity contribution in [1.82, 2.24) is 0 Å². The number of hydrogen-bond acceptors (Lipinski definition) is 1. The number of aldehydes is 1. The van der Waals surface area contributed by atoms with E-state index in [1.165, 1.54) is 12.1 Å². The maximum absolute atomic E-state index is 13.4. The van der Waals surface area contributed by atoms with E-state index in [4.69, 9.17) is 0 Å². The Balaban J connectivity index is 3.30. The summed E-state index contributed by atoms with van der Waals surface area (Å²) in [5.74, 6) is -0.539. The molecule has 1 nitrogen and oxygen atoms in total. The summed E-state index contributed by atoms with van der Waals surface area (Å²) in [6.07, 6.45) is 1.93. The van der Waals surface area contributed by atoms with Crippen LogP contribution in [0.1, 0.15) is 15.9 Å². The van der Waals surface area contributed by atoms with Crippen molar-refractivity contribution in [2.45, 2.75) is 0 Å². The van der Waals surface area contributed by atoms with Gasteiger partial charge in [0.2, 0.25) is 0 Å². The number of rotatable bonds is 3. The third-order valence-corrected chi connectivity index (χ3v) is 1.75. The van der Waals surface area contributed by atoms with Crippen LogP contribution in [-0.2, 0) is 0 Å². The SMILES string of the molecule is C=CC(=C)c1cccc(C=O)c1F. The van der Waals surface area contributed by atoms with E-state index in [2.05, 4.69) is 13.2 Å². The Bertz CT molecular complexity index is 366. The second-order valence-corrected chi connectivity index (χ2v) is 2.56. The normalized spacial score (nSPS) is 9.31. The lowest BCUT2D eigenvalue weighted by atomic mass is 10.0. The molecule has 0 atom stereocenters. The van der Waals surface area contributed by atoms with E-state index in [-0.39, 0.29) is 5.56 Å². The van der Waals surface area contributed by atoms with Gasteiger partial charge < -0.3 is 0 Å². The minimum Gasteiger partial charge on any atom is -0.298 e. The van der Waals surface area contributed by atoms with Crippen molar-refractivity contribution in [3.05, 3.63) is 54.4 Å². The molecule has 0 N–H and O–H groups in total. The Labute approximate surface area is 76.2 Å². The molecule has 0 saturated heterocycles. The van der Waals surface area contributed by atoms with Gasteiger partial charge in [0.1, 0.15) is 5.82 Å². The minimum atomic E-state index is -0.539. The van der Waals surface area contributed by atoms with Crippen LogP contribution < -0.4 is 0 Å². The highest BCUT2D eigenvalue weighted by atomic mass is 19.1. The molecule has 1 aromatic carbocycles. The largest absolute Gasteiger partial charge is 0.298 e. The van der Waals surface area contributed by atoms with Crippen LogP contribution in [0.15, 0.2) is 37.4 Å². The first-order valence-corrected chi connectivity index (χ1v) is 3.76. The smallest absolute Gasteiger partial charge is 0.153 e. The lowest BCUT2D eigenvalue weighted by Gasteiger charge is -2.03. The lowest BCUT2D eigenvalue weighted by Crippen LogP contribution is -1.92. The van der Waals surface area contributed by atoms with Gasteiger partial charge in [0, 0.05) is 5.56 Å². The van der Waals surface area contributed by atoms with Gasteiger partial charge in [0.05, 0.1) is 5.56 Å². The average molecular weight is 176 g/mol. The average Bonchev–Trinajstić information content (AvgIpc) is 2.17. The van der Waals surface area contributed by atoms with E-state index >= 15 is 0 Å². The van der Waals surface area contributed by atoms with E-state index in [9.17, 15) is 9.18 Å². The van der Waals surface area contributed by atoms with Crippen molar-refractivity contribution in [2.24, 2.45) is 0 Å². The van der Waals surface area contributed by atoms with Crippen LogP contribution in [0.2, 0.25) is 0 Å². The van der Waals surface area contributed by atoms with Gasteiger partial charge in [-0.2, -0.15) is 0 Å². The van der Waals surface area contributed by atoms with Crippen LogP contribution in [0, 0.1) is 5.82 Å². The van der Waals surface area contributed by atoms with Gasteiger partial charge >= 0.3 is 0 Å². The monoisotopic (exact) mass is 176 g/mol. The van der Waals surface area contributed by atoms with Gasteiger partial charge in [-0.05, 0) is 11.6 Å². The molecule has 2 heteroatoms. The highest BCUT2D eigenvalue weighted by Gasteiger charge is 2.07. The molecule has 0 radical (unpaired) electrons. The lowest BCUT2D eigenvalue weighted by molar-refractivity contribution is 0.112. The van der Waals surface area contributed by atoms with Crippen LogP contribution in [0.4, 0.5) is 4.39 Å². The molecule has 0 aromatic heterocycles. The van der Waals surface area contributed by atoms with Crippen LogP contribution in [-0.4, -0.2) is 6.29 Å². The Kier molecular flexibility index (Phi) is 2.75. The molecule has 0 aliphatic carbocycles. The molecular formula is C11H9FO. The first-order chi connectivity index (χ1) is 6.20. The maximum atomic E-state index is 13.4. The molecule has 13 heavy (non-hydrogen) atoms. The van der Waals surface area contributed by atoms with Gasteiger partial charge in [0.15, 0.2) is 6.29 Å². The summed E-state index contributed by atoms with van der Waals surface area (Å²) in [5, 5.41) is 0. The fourth-order valence-electron chi connectivity index (χ4n) is 0.999. The van der Waals surface area contributed by atoms with Crippen LogP contribution >= 0.6 is 0 Å². The van der Waals surface area contributed by atoms with Crippen molar-refractivity contribution >= 4 is 11.9 Å². The topological polar surface area (TPSA) is 17.1 Å². The fourth-order valence-corrected chi connectivity index (χ4v) is 0.999. The zero-order chi connectivity index (χ0) is 9.84. The van der Waals surface area contributed by atoms with E-state index in [0.29, 0.717) is 17.4 Å². The van der Waals surface area contributed by atoms with E-state index in [1.54, 1.807) is 12.1 Å². The van der Waals surface area contributed by atoms with Crippen molar-refractivity contribution in [2.75, 3.05) is 0 Å². The molecule has 0 bridgehead atoms. The van der Waals surface area contributed by atoms with Gasteiger partial charge in [-0.3, -0.25) is 4.79 Å². The van der Waals surface area contributed by atoms with Gasteiger partial charge in [-0.25, -0.2) is 4.39 Å². The molecule has 0 amide bonds. The summed E-state index contributed by atoms with van der Waals surface area (Å²) < 4.78 is 13.4. The second kappa shape index (κ2) is 3.81. The van der Waals surface area contributed by atoms with Gasteiger partial charge in [-0.1, -0.05) is 31.4 Å². The summed E-state index contributed by atoms with van der Waals surface area (Å²) >= 11 is 0. The summed E-state index contributed by atoms with van der Waals surface area (Å²) in [6.45, 7) is 7.08. The zero-order valence-corrected chi connectivity index (χ0v) is 7.09. The summed E-state index contributed by atoms with van der Waals surface area (Å²) in [6, 6.07) is 4.59. The van der Waals surface area contributed by atoms with Gasteiger partial charge in [0.25, 0.3) is 0 Å². The molecule has 0 unspecified atom stereocenters. The fraction of sp³-hybridized carbons (Fsp3) is 0. The Hall–Kier alpha value is -1.70. The van der Waals surface area contributed by atoms with E-state index in [1.807, 2.05) is 0 Å². The highest BCUT2D eigenvalue weighted by molar-refractivity contribution is 5.80.